The van der Waals surface area contributed by atoms with Crippen LogP contribution in [0.15, 0.2) is 24.4 Å². The first-order valence-corrected chi connectivity index (χ1v) is 6.74. The lowest BCUT2D eigenvalue weighted by Crippen LogP contribution is -2.28. The van der Waals surface area contributed by atoms with Crippen molar-refractivity contribution in [3.8, 4) is 0 Å². The molecule has 2 unspecified atom stereocenters. The zero-order chi connectivity index (χ0) is 12.7. The van der Waals surface area contributed by atoms with Crippen molar-refractivity contribution in [2.24, 2.45) is 5.73 Å². The summed E-state index contributed by atoms with van der Waals surface area (Å²) in [5, 5.41) is 2.82. The molecule has 1 heterocycles. The molecule has 0 bridgehead atoms. The van der Waals surface area contributed by atoms with Crippen LogP contribution in [0.2, 0.25) is 0 Å². The van der Waals surface area contributed by atoms with Gasteiger partial charge in [0.2, 0.25) is 5.91 Å². The number of nitrogens with one attached hydrogen (secondary N) is 1. The number of carbonyl (C=O) groups is 1. The maximum Gasteiger partial charge on any atom is 0.230 e. The molecule has 0 aromatic carbocycles. The molecule has 17 heavy (non-hydrogen) atoms. The van der Waals surface area contributed by atoms with Crippen molar-refractivity contribution in [2.45, 2.75) is 25.1 Å². The molecule has 0 fully saturated rings. The largest absolute Gasteiger partial charge is 0.356 e. The molecule has 1 aromatic heterocycles. The highest BCUT2D eigenvalue weighted by atomic mass is 32.2. The number of amides is 1. The number of hydrogen-bond acceptors (Lipinski definition) is 4. The Bertz CT molecular complexity index is 343. The number of hydrogen-bond donors (Lipinski definition) is 2. The van der Waals surface area contributed by atoms with Gasteiger partial charge < -0.3 is 11.1 Å². The number of nitrogens with two attached hydrogens (primary N) is 1. The first kappa shape index (κ1) is 14.0. The second-order valence-corrected chi connectivity index (χ2v) is 4.93. The minimum atomic E-state index is -0.0377. The summed E-state index contributed by atoms with van der Waals surface area (Å²) in [5.41, 5.74) is 6.86. The summed E-state index contributed by atoms with van der Waals surface area (Å²) in [6.45, 7) is 4.50. The van der Waals surface area contributed by atoms with Crippen molar-refractivity contribution in [3.05, 3.63) is 30.1 Å². The van der Waals surface area contributed by atoms with Crippen LogP contribution in [0.5, 0.6) is 0 Å². The first-order valence-electron chi connectivity index (χ1n) is 5.70. The zero-order valence-corrected chi connectivity index (χ0v) is 11.0. The van der Waals surface area contributed by atoms with Crippen molar-refractivity contribution in [1.29, 1.82) is 0 Å². The van der Waals surface area contributed by atoms with Crippen LogP contribution < -0.4 is 11.1 Å². The monoisotopic (exact) mass is 253 g/mol. The third-order valence-corrected chi connectivity index (χ3v) is 3.68. The van der Waals surface area contributed by atoms with Gasteiger partial charge >= 0.3 is 0 Å². The molecule has 94 valence electrons. The number of carbonyl (C=O) groups excluding carboxylic acids is 1. The summed E-state index contributed by atoms with van der Waals surface area (Å²) in [6.07, 6.45) is 1.75. The van der Waals surface area contributed by atoms with E-state index in [1.807, 2.05) is 32.0 Å². The van der Waals surface area contributed by atoms with Crippen molar-refractivity contribution in [1.82, 2.24) is 10.3 Å². The number of aromatic nitrogens is 1. The van der Waals surface area contributed by atoms with Gasteiger partial charge in [0.05, 0.1) is 16.7 Å². The molecule has 0 aliphatic heterocycles. The lowest BCUT2D eigenvalue weighted by molar-refractivity contribution is -0.118. The quantitative estimate of drug-likeness (QED) is 0.803. The molecule has 0 aliphatic rings. The summed E-state index contributed by atoms with van der Waals surface area (Å²) in [7, 11) is 0. The van der Waals surface area contributed by atoms with E-state index < -0.39 is 0 Å². The Morgan fingerprint density at radius 1 is 1.59 bits per heavy atom. The molecule has 1 aromatic rings. The maximum absolute atomic E-state index is 11.4. The van der Waals surface area contributed by atoms with Gasteiger partial charge in [-0.05, 0) is 26.0 Å². The van der Waals surface area contributed by atoms with Gasteiger partial charge in [-0.2, -0.15) is 0 Å². The summed E-state index contributed by atoms with van der Waals surface area (Å²) >= 11 is 1.53. The van der Waals surface area contributed by atoms with Gasteiger partial charge in [-0.15, -0.1) is 11.8 Å². The van der Waals surface area contributed by atoms with Crippen LogP contribution in [0.3, 0.4) is 0 Å². The highest BCUT2D eigenvalue weighted by Gasteiger charge is 2.19. The van der Waals surface area contributed by atoms with E-state index in [4.69, 9.17) is 5.73 Å². The van der Waals surface area contributed by atoms with Crippen molar-refractivity contribution in [3.63, 3.8) is 0 Å². The molecular formula is C12H19N3OS. The second-order valence-electron chi connectivity index (χ2n) is 3.80. The fourth-order valence-corrected chi connectivity index (χ4v) is 2.51. The maximum atomic E-state index is 11.4. The Labute approximate surface area is 106 Å². The van der Waals surface area contributed by atoms with Crippen LogP contribution >= 0.6 is 11.8 Å². The minimum Gasteiger partial charge on any atom is -0.356 e. The predicted molar refractivity (Wildman–Crippen MR) is 71.8 cm³/mol. The van der Waals surface area contributed by atoms with Crippen LogP contribution in [0.4, 0.5) is 0 Å². The highest BCUT2D eigenvalue weighted by Crippen LogP contribution is 2.29. The van der Waals surface area contributed by atoms with E-state index in [1.54, 1.807) is 6.20 Å². The molecule has 2 atom stereocenters. The van der Waals surface area contributed by atoms with E-state index in [0.29, 0.717) is 12.3 Å². The number of pyridine rings is 1. The average Bonchev–Trinajstić information content (AvgIpc) is 2.30. The molecule has 0 saturated heterocycles. The lowest BCUT2D eigenvalue weighted by atomic mass is 10.2. The normalized spacial score (nSPS) is 14.1. The minimum absolute atomic E-state index is 0.0377. The van der Waals surface area contributed by atoms with Gasteiger partial charge in [-0.25, -0.2) is 0 Å². The molecule has 1 amide bonds. The van der Waals surface area contributed by atoms with Gasteiger partial charge in [-0.1, -0.05) is 6.07 Å². The Hall–Kier alpha value is -1.07. The third kappa shape index (κ3) is 4.75. The second kappa shape index (κ2) is 7.29. The van der Waals surface area contributed by atoms with E-state index in [2.05, 4.69) is 10.3 Å². The first-order chi connectivity index (χ1) is 8.15. The standard InChI is InChI=1S/C12H19N3OS/c1-3-14-11(16)8-17-12(9(2)13)10-6-4-5-7-15-10/h4-7,9,12H,3,8,13H2,1-2H3,(H,14,16). The zero-order valence-electron chi connectivity index (χ0n) is 10.2. The SMILES string of the molecule is CCNC(=O)CSC(c1ccccn1)C(C)N. The number of rotatable bonds is 6. The molecule has 3 N–H and O–H groups in total. The Kier molecular flexibility index (Phi) is 6.00. The lowest BCUT2D eigenvalue weighted by Gasteiger charge is -2.19. The van der Waals surface area contributed by atoms with Crippen LogP contribution in [-0.2, 0) is 4.79 Å². The molecule has 5 heteroatoms. The topological polar surface area (TPSA) is 68.0 Å². The van der Waals surface area contributed by atoms with E-state index in [9.17, 15) is 4.79 Å². The van der Waals surface area contributed by atoms with Gasteiger partial charge in [0.15, 0.2) is 0 Å². The molecule has 0 spiro atoms. The number of nitrogens with zero attached hydrogens (tertiary/aromatic N) is 1. The van der Waals surface area contributed by atoms with Crippen LogP contribution in [0.1, 0.15) is 24.8 Å². The smallest absolute Gasteiger partial charge is 0.230 e. The Morgan fingerprint density at radius 3 is 2.88 bits per heavy atom. The van der Waals surface area contributed by atoms with E-state index in [1.165, 1.54) is 11.8 Å². The van der Waals surface area contributed by atoms with Crippen LogP contribution in [0.25, 0.3) is 0 Å². The summed E-state index contributed by atoms with van der Waals surface area (Å²) in [5.74, 6) is 0.454. The Morgan fingerprint density at radius 2 is 2.35 bits per heavy atom. The van der Waals surface area contributed by atoms with Crippen LogP contribution in [0, 0.1) is 0 Å². The van der Waals surface area contributed by atoms with Gasteiger partial charge in [0.25, 0.3) is 0 Å². The predicted octanol–water partition coefficient (Wildman–Crippen LogP) is 1.34. The van der Waals surface area contributed by atoms with E-state index >= 15 is 0 Å². The van der Waals surface area contributed by atoms with Gasteiger partial charge in [-0.3, -0.25) is 9.78 Å². The van der Waals surface area contributed by atoms with Crippen molar-refractivity contribution < 1.29 is 4.79 Å². The molecule has 0 aliphatic carbocycles. The average molecular weight is 253 g/mol. The van der Waals surface area contributed by atoms with Gasteiger partial charge in [0, 0.05) is 18.8 Å². The van der Waals surface area contributed by atoms with E-state index in [-0.39, 0.29) is 17.2 Å². The van der Waals surface area contributed by atoms with Crippen molar-refractivity contribution in [2.75, 3.05) is 12.3 Å². The summed E-state index contributed by atoms with van der Waals surface area (Å²) in [4.78, 5) is 15.7. The third-order valence-electron chi connectivity index (χ3n) is 2.22. The molecule has 1 rings (SSSR count). The fraction of sp³-hybridized carbons (Fsp3) is 0.500. The highest BCUT2D eigenvalue weighted by molar-refractivity contribution is 8.00. The molecular weight excluding hydrogens is 234 g/mol. The molecule has 0 saturated carbocycles. The van der Waals surface area contributed by atoms with Gasteiger partial charge in [0.1, 0.15) is 0 Å². The number of thioether (sulfide) groups is 1. The Balaban J connectivity index is 2.59. The van der Waals surface area contributed by atoms with E-state index in [0.717, 1.165) is 5.69 Å². The fourth-order valence-electron chi connectivity index (χ4n) is 1.46. The van der Waals surface area contributed by atoms with Crippen molar-refractivity contribution >= 4 is 17.7 Å². The molecule has 0 radical (unpaired) electrons. The molecule has 4 nitrogen and oxygen atoms in total. The van der Waals surface area contributed by atoms with Crippen LogP contribution in [-0.4, -0.2) is 29.2 Å². The summed E-state index contributed by atoms with van der Waals surface area (Å²) in [6, 6.07) is 5.71. The summed E-state index contributed by atoms with van der Waals surface area (Å²) < 4.78 is 0.